The molecule has 0 radical (unpaired) electrons. The average Bonchev–Trinajstić information content (AvgIpc) is 2.65. The summed E-state index contributed by atoms with van der Waals surface area (Å²) >= 11 is 5.96. The van der Waals surface area contributed by atoms with Crippen LogP contribution in [0.2, 0.25) is 5.02 Å². The Labute approximate surface area is 99.1 Å². The van der Waals surface area contributed by atoms with Crippen LogP contribution in [0.25, 0.3) is 11.4 Å². The van der Waals surface area contributed by atoms with Gasteiger partial charge in [0.2, 0.25) is 0 Å². The second kappa shape index (κ2) is 4.53. The zero-order valence-corrected chi connectivity index (χ0v) is 9.78. The van der Waals surface area contributed by atoms with Crippen LogP contribution in [0.5, 0.6) is 0 Å². The highest BCUT2D eigenvalue weighted by Gasteiger charge is 2.07. The summed E-state index contributed by atoms with van der Waals surface area (Å²) in [5.41, 5.74) is 7.28. The molecule has 0 unspecified atom stereocenters. The molecule has 0 amide bonds. The molecule has 1 heterocycles. The Hall–Kier alpha value is -1.55. The van der Waals surface area contributed by atoms with E-state index in [4.69, 9.17) is 17.3 Å². The van der Waals surface area contributed by atoms with Gasteiger partial charge in [0.05, 0.1) is 0 Å². The quantitative estimate of drug-likeness (QED) is 0.834. The number of benzene rings is 1. The van der Waals surface area contributed by atoms with Crippen LogP contribution in [0.1, 0.15) is 13.3 Å². The SMILES string of the molecule is CCCn1cnnc1-c1cc(N)cc(Cl)c1. The Morgan fingerprint density at radius 3 is 2.88 bits per heavy atom. The number of nitrogens with zero attached hydrogens (tertiary/aromatic N) is 3. The molecule has 0 aliphatic carbocycles. The molecule has 0 saturated heterocycles. The minimum Gasteiger partial charge on any atom is -0.399 e. The van der Waals surface area contributed by atoms with E-state index in [0.717, 1.165) is 24.4 Å². The number of nitrogen functional groups attached to an aromatic ring is 1. The highest BCUT2D eigenvalue weighted by Crippen LogP contribution is 2.24. The van der Waals surface area contributed by atoms with Gasteiger partial charge in [-0.05, 0) is 24.6 Å². The summed E-state index contributed by atoms with van der Waals surface area (Å²) in [6, 6.07) is 5.40. The Bertz CT molecular complexity index is 472. The summed E-state index contributed by atoms with van der Waals surface area (Å²) in [5, 5.41) is 8.60. The monoisotopic (exact) mass is 236 g/mol. The van der Waals surface area contributed by atoms with Crippen LogP contribution in [0.15, 0.2) is 24.5 Å². The molecule has 0 bridgehead atoms. The minimum atomic E-state index is 0.612. The lowest BCUT2D eigenvalue weighted by Crippen LogP contribution is -1.98. The fourth-order valence-corrected chi connectivity index (χ4v) is 1.87. The number of halogens is 1. The second-order valence-corrected chi connectivity index (χ2v) is 4.06. The van der Waals surface area contributed by atoms with Crippen molar-refractivity contribution >= 4 is 17.3 Å². The molecule has 84 valence electrons. The summed E-state index contributed by atoms with van der Waals surface area (Å²) in [5.74, 6) is 0.802. The van der Waals surface area contributed by atoms with Crippen LogP contribution in [0.4, 0.5) is 5.69 Å². The van der Waals surface area contributed by atoms with Crippen molar-refractivity contribution in [3.8, 4) is 11.4 Å². The van der Waals surface area contributed by atoms with Crippen molar-refractivity contribution < 1.29 is 0 Å². The van der Waals surface area contributed by atoms with Crippen molar-refractivity contribution in [3.63, 3.8) is 0 Å². The van der Waals surface area contributed by atoms with Crippen molar-refractivity contribution in [2.75, 3.05) is 5.73 Å². The molecule has 0 saturated carbocycles. The normalized spacial score (nSPS) is 10.6. The Balaban J connectivity index is 2.45. The molecule has 0 aliphatic rings. The Kier molecular flexibility index (Phi) is 3.10. The first-order chi connectivity index (χ1) is 7.70. The van der Waals surface area contributed by atoms with Crippen LogP contribution < -0.4 is 5.73 Å². The molecular formula is C11H13ClN4. The van der Waals surface area contributed by atoms with Crippen LogP contribution in [0, 0.1) is 0 Å². The van der Waals surface area contributed by atoms with Crippen molar-refractivity contribution in [3.05, 3.63) is 29.5 Å². The maximum atomic E-state index is 5.96. The molecule has 0 atom stereocenters. The third kappa shape index (κ3) is 2.17. The highest BCUT2D eigenvalue weighted by atomic mass is 35.5. The Morgan fingerprint density at radius 1 is 1.38 bits per heavy atom. The third-order valence-electron chi connectivity index (χ3n) is 2.26. The van der Waals surface area contributed by atoms with Crippen molar-refractivity contribution in [2.45, 2.75) is 19.9 Å². The number of hydrogen-bond acceptors (Lipinski definition) is 3. The van der Waals surface area contributed by atoms with E-state index in [1.165, 1.54) is 0 Å². The molecule has 16 heavy (non-hydrogen) atoms. The molecular weight excluding hydrogens is 224 g/mol. The van der Waals surface area contributed by atoms with Crippen LogP contribution >= 0.6 is 11.6 Å². The molecule has 2 N–H and O–H groups in total. The summed E-state index contributed by atoms with van der Waals surface area (Å²) in [4.78, 5) is 0. The molecule has 1 aromatic carbocycles. The molecule has 2 rings (SSSR count). The molecule has 0 spiro atoms. The van der Waals surface area contributed by atoms with Gasteiger partial charge >= 0.3 is 0 Å². The van der Waals surface area contributed by atoms with Crippen molar-refractivity contribution in [2.24, 2.45) is 0 Å². The fourth-order valence-electron chi connectivity index (χ4n) is 1.62. The van der Waals surface area contributed by atoms with Crippen LogP contribution in [-0.2, 0) is 6.54 Å². The highest BCUT2D eigenvalue weighted by molar-refractivity contribution is 6.31. The van der Waals surface area contributed by atoms with E-state index in [1.807, 2.05) is 16.7 Å². The molecule has 4 nitrogen and oxygen atoms in total. The van der Waals surface area contributed by atoms with Crippen molar-refractivity contribution in [1.82, 2.24) is 14.8 Å². The zero-order valence-electron chi connectivity index (χ0n) is 9.02. The van der Waals surface area contributed by atoms with E-state index in [0.29, 0.717) is 10.7 Å². The van der Waals surface area contributed by atoms with Gasteiger partial charge in [0.1, 0.15) is 6.33 Å². The first-order valence-corrected chi connectivity index (χ1v) is 5.52. The predicted molar refractivity (Wildman–Crippen MR) is 65.2 cm³/mol. The number of aryl methyl sites for hydroxylation is 1. The number of rotatable bonds is 3. The van der Waals surface area contributed by atoms with Gasteiger partial charge in [0, 0.05) is 22.8 Å². The molecule has 5 heteroatoms. The van der Waals surface area contributed by atoms with E-state index in [1.54, 1.807) is 12.4 Å². The molecule has 2 aromatic rings. The van der Waals surface area contributed by atoms with Gasteiger partial charge in [0.25, 0.3) is 0 Å². The van der Waals surface area contributed by atoms with E-state index >= 15 is 0 Å². The zero-order chi connectivity index (χ0) is 11.5. The third-order valence-corrected chi connectivity index (χ3v) is 2.48. The maximum absolute atomic E-state index is 5.96. The minimum absolute atomic E-state index is 0.612. The average molecular weight is 237 g/mol. The lowest BCUT2D eigenvalue weighted by atomic mass is 10.2. The maximum Gasteiger partial charge on any atom is 0.163 e. The van der Waals surface area contributed by atoms with Gasteiger partial charge in [-0.1, -0.05) is 18.5 Å². The lowest BCUT2D eigenvalue weighted by molar-refractivity contribution is 0.683. The fraction of sp³-hybridized carbons (Fsp3) is 0.273. The van der Waals surface area contributed by atoms with E-state index in [2.05, 4.69) is 17.1 Å². The topological polar surface area (TPSA) is 56.7 Å². The van der Waals surface area contributed by atoms with Gasteiger partial charge in [-0.25, -0.2) is 0 Å². The standard InChI is InChI=1S/C11H13ClN4/c1-2-3-16-7-14-15-11(16)8-4-9(12)6-10(13)5-8/h4-7H,2-3,13H2,1H3. The molecule has 1 aromatic heterocycles. The van der Waals surface area contributed by atoms with Crippen LogP contribution in [-0.4, -0.2) is 14.8 Å². The predicted octanol–water partition coefficient (Wildman–Crippen LogP) is 2.59. The van der Waals surface area contributed by atoms with Crippen molar-refractivity contribution in [1.29, 1.82) is 0 Å². The first-order valence-electron chi connectivity index (χ1n) is 5.15. The number of hydrogen-bond donors (Lipinski definition) is 1. The molecule has 0 fully saturated rings. The van der Waals surface area contributed by atoms with Gasteiger partial charge in [0.15, 0.2) is 5.82 Å². The Morgan fingerprint density at radius 2 is 2.19 bits per heavy atom. The summed E-state index contributed by atoms with van der Waals surface area (Å²) < 4.78 is 1.99. The van der Waals surface area contributed by atoms with Gasteiger partial charge in [-0.3, -0.25) is 0 Å². The van der Waals surface area contributed by atoms with Gasteiger partial charge in [-0.2, -0.15) is 0 Å². The summed E-state index contributed by atoms with van der Waals surface area (Å²) in [6.07, 6.45) is 2.75. The summed E-state index contributed by atoms with van der Waals surface area (Å²) in [7, 11) is 0. The number of nitrogens with two attached hydrogens (primary N) is 1. The number of aromatic nitrogens is 3. The first kappa shape index (κ1) is 11.0. The lowest BCUT2D eigenvalue weighted by Gasteiger charge is -2.06. The van der Waals surface area contributed by atoms with Crippen LogP contribution in [0.3, 0.4) is 0 Å². The van der Waals surface area contributed by atoms with E-state index in [9.17, 15) is 0 Å². The van der Waals surface area contributed by atoms with Gasteiger partial charge < -0.3 is 10.3 Å². The largest absolute Gasteiger partial charge is 0.399 e. The second-order valence-electron chi connectivity index (χ2n) is 3.62. The smallest absolute Gasteiger partial charge is 0.163 e. The van der Waals surface area contributed by atoms with E-state index < -0.39 is 0 Å². The summed E-state index contributed by atoms with van der Waals surface area (Å²) in [6.45, 7) is 2.99. The van der Waals surface area contributed by atoms with Gasteiger partial charge in [-0.15, -0.1) is 10.2 Å². The number of anilines is 1. The molecule has 0 aliphatic heterocycles. The van der Waals surface area contributed by atoms with E-state index in [-0.39, 0.29) is 0 Å².